The van der Waals surface area contributed by atoms with Crippen LogP contribution in [0.5, 0.6) is 0 Å². The van der Waals surface area contributed by atoms with E-state index in [2.05, 4.69) is 35.5 Å². The molecule has 1 fully saturated rings. The van der Waals surface area contributed by atoms with Gasteiger partial charge in [-0.3, -0.25) is 0 Å². The van der Waals surface area contributed by atoms with Gasteiger partial charge in [0.15, 0.2) is 5.82 Å². The van der Waals surface area contributed by atoms with Crippen LogP contribution in [0.2, 0.25) is 0 Å². The maximum atomic E-state index is 9.30. The Bertz CT molecular complexity index is 376. The van der Waals surface area contributed by atoms with E-state index in [1.165, 1.54) is 0 Å². The number of hydrogen-bond acceptors (Lipinski definition) is 4. The molecule has 2 atom stereocenters. The monoisotopic (exact) mass is 239 g/mol. The topological polar surface area (TPSA) is 60.2 Å². The van der Waals surface area contributed by atoms with Crippen LogP contribution in [0.1, 0.15) is 44.8 Å². The predicted octanol–water partition coefficient (Wildman–Crippen LogP) is 1.32. The summed E-state index contributed by atoms with van der Waals surface area (Å²) in [6.45, 7) is 7.96. The standard InChI is InChI=1S/C12H21N3O2/c1-8(2)6-15-11(7-16)13-14-12(15)10-4-5-17-9(10)3/h8-10,16H,4-7H2,1-3H3. The van der Waals surface area contributed by atoms with Crippen molar-refractivity contribution in [1.82, 2.24) is 14.8 Å². The third kappa shape index (κ3) is 2.50. The van der Waals surface area contributed by atoms with Crippen molar-refractivity contribution in [1.29, 1.82) is 0 Å². The average Bonchev–Trinajstić information content (AvgIpc) is 2.84. The second kappa shape index (κ2) is 5.14. The summed E-state index contributed by atoms with van der Waals surface area (Å²) < 4.78 is 7.64. The van der Waals surface area contributed by atoms with Crippen LogP contribution < -0.4 is 0 Å². The minimum Gasteiger partial charge on any atom is -0.388 e. The van der Waals surface area contributed by atoms with Crippen molar-refractivity contribution in [2.24, 2.45) is 5.92 Å². The fourth-order valence-corrected chi connectivity index (χ4v) is 2.38. The molecule has 0 radical (unpaired) electrons. The molecule has 17 heavy (non-hydrogen) atoms. The number of aliphatic hydroxyl groups excluding tert-OH is 1. The molecular formula is C12H21N3O2. The SMILES string of the molecule is CC(C)Cn1c(CO)nnc1C1CCOC1C. The normalized spacial score (nSPS) is 24.8. The summed E-state index contributed by atoms with van der Waals surface area (Å²) >= 11 is 0. The van der Waals surface area contributed by atoms with Crippen molar-refractivity contribution in [2.75, 3.05) is 6.61 Å². The van der Waals surface area contributed by atoms with Gasteiger partial charge in [0.05, 0.1) is 6.10 Å². The third-order valence-electron chi connectivity index (χ3n) is 3.25. The van der Waals surface area contributed by atoms with Crippen molar-refractivity contribution >= 4 is 0 Å². The molecule has 1 aromatic heterocycles. The van der Waals surface area contributed by atoms with E-state index in [1.54, 1.807) is 0 Å². The van der Waals surface area contributed by atoms with E-state index >= 15 is 0 Å². The summed E-state index contributed by atoms with van der Waals surface area (Å²) in [4.78, 5) is 0. The van der Waals surface area contributed by atoms with Crippen molar-refractivity contribution in [2.45, 2.75) is 52.4 Å². The molecule has 0 bridgehead atoms. The van der Waals surface area contributed by atoms with Gasteiger partial charge in [-0.05, 0) is 19.3 Å². The van der Waals surface area contributed by atoms with Crippen LogP contribution in [-0.2, 0) is 17.9 Å². The predicted molar refractivity (Wildman–Crippen MR) is 63.6 cm³/mol. The number of aromatic nitrogens is 3. The first-order chi connectivity index (χ1) is 8.13. The van der Waals surface area contributed by atoms with Gasteiger partial charge in [-0.2, -0.15) is 0 Å². The minimum atomic E-state index is -0.0539. The van der Waals surface area contributed by atoms with E-state index in [-0.39, 0.29) is 12.7 Å². The van der Waals surface area contributed by atoms with Gasteiger partial charge >= 0.3 is 0 Å². The summed E-state index contributed by atoms with van der Waals surface area (Å²) in [6.07, 6.45) is 1.18. The molecule has 2 heterocycles. The molecular weight excluding hydrogens is 218 g/mol. The van der Waals surface area contributed by atoms with Crippen molar-refractivity contribution in [3.63, 3.8) is 0 Å². The van der Waals surface area contributed by atoms with Gasteiger partial charge in [-0.15, -0.1) is 10.2 Å². The van der Waals surface area contributed by atoms with E-state index in [9.17, 15) is 5.11 Å². The Kier molecular flexibility index (Phi) is 3.79. The number of rotatable bonds is 4. The number of hydrogen-bond donors (Lipinski definition) is 1. The molecule has 1 aromatic rings. The molecule has 0 amide bonds. The van der Waals surface area contributed by atoms with Crippen LogP contribution in [-0.4, -0.2) is 32.6 Å². The van der Waals surface area contributed by atoms with Gasteiger partial charge in [-0.1, -0.05) is 13.8 Å². The van der Waals surface area contributed by atoms with Crippen LogP contribution >= 0.6 is 0 Å². The first-order valence-corrected chi connectivity index (χ1v) is 6.28. The van der Waals surface area contributed by atoms with E-state index in [1.807, 2.05) is 0 Å². The molecule has 1 aliphatic heterocycles. The fraction of sp³-hybridized carbons (Fsp3) is 0.833. The Morgan fingerprint density at radius 3 is 2.76 bits per heavy atom. The quantitative estimate of drug-likeness (QED) is 0.861. The van der Waals surface area contributed by atoms with E-state index in [0.29, 0.717) is 17.7 Å². The molecule has 0 aliphatic carbocycles. The molecule has 0 saturated carbocycles. The van der Waals surface area contributed by atoms with Gasteiger partial charge in [0.25, 0.3) is 0 Å². The fourth-order valence-electron chi connectivity index (χ4n) is 2.38. The average molecular weight is 239 g/mol. The summed E-state index contributed by atoms with van der Waals surface area (Å²) in [6, 6.07) is 0. The van der Waals surface area contributed by atoms with E-state index in [4.69, 9.17) is 4.74 Å². The Balaban J connectivity index is 2.29. The van der Waals surface area contributed by atoms with Gasteiger partial charge < -0.3 is 14.4 Å². The molecule has 2 rings (SSSR count). The lowest BCUT2D eigenvalue weighted by Crippen LogP contribution is -2.18. The van der Waals surface area contributed by atoms with Crippen LogP contribution in [0.25, 0.3) is 0 Å². The first-order valence-electron chi connectivity index (χ1n) is 6.28. The molecule has 96 valence electrons. The Morgan fingerprint density at radius 2 is 2.24 bits per heavy atom. The molecule has 2 unspecified atom stereocenters. The molecule has 5 nitrogen and oxygen atoms in total. The number of aliphatic hydroxyl groups is 1. The van der Waals surface area contributed by atoms with Gasteiger partial charge in [0.1, 0.15) is 12.4 Å². The van der Waals surface area contributed by atoms with Crippen LogP contribution in [0.15, 0.2) is 0 Å². The van der Waals surface area contributed by atoms with E-state index < -0.39 is 0 Å². The molecule has 5 heteroatoms. The smallest absolute Gasteiger partial charge is 0.158 e. The van der Waals surface area contributed by atoms with Crippen LogP contribution in [0.3, 0.4) is 0 Å². The molecule has 1 saturated heterocycles. The Labute approximate surface area is 102 Å². The lowest BCUT2D eigenvalue weighted by Gasteiger charge is -2.17. The van der Waals surface area contributed by atoms with E-state index in [0.717, 1.165) is 25.4 Å². The Morgan fingerprint density at radius 1 is 1.47 bits per heavy atom. The molecule has 1 N–H and O–H groups in total. The summed E-state index contributed by atoms with van der Waals surface area (Å²) in [5, 5.41) is 17.6. The highest BCUT2D eigenvalue weighted by molar-refractivity contribution is 5.06. The second-order valence-corrected chi connectivity index (χ2v) is 5.11. The number of ether oxygens (including phenoxy) is 1. The van der Waals surface area contributed by atoms with Gasteiger partial charge in [0.2, 0.25) is 0 Å². The van der Waals surface area contributed by atoms with Gasteiger partial charge in [-0.25, -0.2) is 0 Å². The molecule has 0 aromatic carbocycles. The maximum Gasteiger partial charge on any atom is 0.158 e. The minimum absolute atomic E-state index is 0.0539. The van der Waals surface area contributed by atoms with Crippen molar-refractivity contribution in [3.05, 3.63) is 11.6 Å². The van der Waals surface area contributed by atoms with Gasteiger partial charge in [0, 0.05) is 19.1 Å². The summed E-state index contributed by atoms with van der Waals surface area (Å²) in [5.74, 6) is 2.44. The maximum absolute atomic E-state index is 9.30. The molecule has 0 spiro atoms. The van der Waals surface area contributed by atoms with Crippen molar-refractivity contribution < 1.29 is 9.84 Å². The van der Waals surface area contributed by atoms with Crippen LogP contribution in [0, 0.1) is 5.92 Å². The second-order valence-electron chi connectivity index (χ2n) is 5.11. The Hall–Kier alpha value is -0.940. The highest BCUT2D eigenvalue weighted by Crippen LogP contribution is 2.30. The summed E-state index contributed by atoms with van der Waals surface area (Å²) in [5.41, 5.74) is 0. The van der Waals surface area contributed by atoms with Crippen molar-refractivity contribution in [3.8, 4) is 0 Å². The lowest BCUT2D eigenvalue weighted by molar-refractivity contribution is 0.116. The first kappa shape index (κ1) is 12.5. The number of nitrogens with zero attached hydrogens (tertiary/aromatic N) is 3. The van der Waals surface area contributed by atoms with Crippen LogP contribution in [0.4, 0.5) is 0 Å². The highest BCUT2D eigenvalue weighted by atomic mass is 16.5. The largest absolute Gasteiger partial charge is 0.388 e. The third-order valence-corrected chi connectivity index (χ3v) is 3.25. The highest BCUT2D eigenvalue weighted by Gasteiger charge is 2.31. The zero-order valence-corrected chi connectivity index (χ0v) is 10.8. The lowest BCUT2D eigenvalue weighted by atomic mass is 10.0. The zero-order valence-electron chi connectivity index (χ0n) is 10.8. The zero-order chi connectivity index (χ0) is 12.4. The summed E-state index contributed by atoms with van der Waals surface area (Å²) in [7, 11) is 0. The molecule has 1 aliphatic rings.